The maximum atomic E-state index is 9.26. The van der Waals surface area contributed by atoms with Gasteiger partial charge in [-0.2, -0.15) is 0 Å². The zero-order valence-electron chi connectivity index (χ0n) is 10.5. The number of rotatable bonds is 5. The van der Waals surface area contributed by atoms with Gasteiger partial charge in [0.05, 0.1) is 0 Å². The van der Waals surface area contributed by atoms with E-state index in [1.807, 2.05) is 30.3 Å². The highest BCUT2D eigenvalue weighted by atomic mass is 35.5. The first-order chi connectivity index (χ1) is 9.59. The van der Waals surface area contributed by atoms with Crippen molar-refractivity contribution in [3.8, 4) is 0 Å². The minimum atomic E-state index is -1.70. The summed E-state index contributed by atoms with van der Waals surface area (Å²) in [5, 5.41) is 19.0. The van der Waals surface area contributed by atoms with Crippen LogP contribution < -0.4 is 16.3 Å². The lowest BCUT2D eigenvalue weighted by Crippen LogP contribution is -2.33. The van der Waals surface area contributed by atoms with Crippen LogP contribution in [-0.2, 0) is 6.54 Å². The van der Waals surface area contributed by atoms with Gasteiger partial charge in [0.25, 0.3) is 0 Å². The first-order valence-electron chi connectivity index (χ1n) is 5.96. The minimum Gasteiger partial charge on any atom is -0.423 e. The summed E-state index contributed by atoms with van der Waals surface area (Å²) in [4.78, 5) is 0. The van der Waals surface area contributed by atoms with Crippen molar-refractivity contribution >= 4 is 41.5 Å². The smallest absolute Gasteiger partial charge is 0.423 e. The summed E-state index contributed by atoms with van der Waals surface area (Å²) in [6.45, 7) is 0.407. The fraction of sp³-hybridized carbons (Fsp3) is 0.0769. The Labute approximate surface area is 127 Å². The largest absolute Gasteiger partial charge is 0.491 e. The van der Waals surface area contributed by atoms with Crippen LogP contribution in [0.2, 0.25) is 10.0 Å². The number of hydrogen-bond donors (Lipinski definition) is 4. The summed E-state index contributed by atoms with van der Waals surface area (Å²) in [7, 11) is -1.70. The normalized spacial score (nSPS) is 10.4. The third-order valence-electron chi connectivity index (χ3n) is 2.75. The molecular formula is C13H13BCl2N2O2. The van der Waals surface area contributed by atoms with Gasteiger partial charge >= 0.3 is 7.12 Å². The van der Waals surface area contributed by atoms with Crippen molar-refractivity contribution in [3.63, 3.8) is 0 Å². The fourth-order valence-corrected chi connectivity index (χ4v) is 2.38. The van der Waals surface area contributed by atoms with Gasteiger partial charge in [-0.05, 0) is 23.8 Å². The second-order valence-corrected chi connectivity index (χ2v) is 4.94. The molecule has 0 atom stereocenters. The van der Waals surface area contributed by atoms with Crippen molar-refractivity contribution < 1.29 is 10.0 Å². The van der Waals surface area contributed by atoms with E-state index in [0.29, 0.717) is 12.1 Å². The Morgan fingerprint density at radius 3 is 2.35 bits per heavy atom. The summed E-state index contributed by atoms with van der Waals surface area (Å²) in [5.74, 6) is 0. The standard InChI is InChI=1S/C13H13BCl2N2O2/c15-11-7-6-9(13(16)12(11)14(19)20)8-17-18-10-4-2-1-3-5-10/h1-7,17-20H,8H2. The molecule has 0 amide bonds. The maximum absolute atomic E-state index is 9.26. The molecule has 0 aromatic heterocycles. The summed E-state index contributed by atoms with van der Waals surface area (Å²) >= 11 is 12.0. The average molecular weight is 311 g/mol. The van der Waals surface area contributed by atoms with Crippen LogP contribution in [0.1, 0.15) is 5.56 Å². The van der Waals surface area contributed by atoms with Crippen LogP contribution in [0.3, 0.4) is 0 Å². The molecule has 0 saturated heterocycles. The molecule has 7 heteroatoms. The Morgan fingerprint density at radius 2 is 1.70 bits per heavy atom. The predicted octanol–water partition coefficient (Wildman–Crippen LogP) is 1.79. The van der Waals surface area contributed by atoms with Gasteiger partial charge in [0.1, 0.15) is 0 Å². The molecule has 0 aliphatic heterocycles. The predicted molar refractivity (Wildman–Crippen MR) is 83.2 cm³/mol. The maximum Gasteiger partial charge on any atom is 0.491 e. The molecule has 0 radical (unpaired) electrons. The van der Waals surface area contributed by atoms with Crippen molar-refractivity contribution in [1.29, 1.82) is 0 Å². The van der Waals surface area contributed by atoms with Crippen LogP contribution in [0.5, 0.6) is 0 Å². The highest BCUT2D eigenvalue weighted by Crippen LogP contribution is 2.19. The molecule has 0 spiro atoms. The molecule has 4 N–H and O–H groups in total. The second-order valence-electron chi connectivity index (χ2n) is 4.15. The monoisotopic (exact) mass is 310 g/mol. The number of nitrogens with one attached hydrogen (secondary N) is 2. The Hall–Kier alpha value is -1.24. The van der Waals surface area contributed by atoms with Gasteiger partial charge in [-0.3, -0.25) is 0 Å². The molecule has 0 aliphatic rings. The van der Waals surface area contributed by atoms with E-state index in [4.69, 9.17) is 23.2 Å². The van der Waals surface area contributed by atoms with Gasteiger partial charge in [0, 0.05) is 27.7 Å². The molecule has 2 aromatic carbocycles. The van der Waals surface area contributed by atoms with Crippen LogP contribution in [0.15, 0.2) is 42.5 Å². The Bertz CT molecular complexity index is 582. The lowest BCUT2D eigenvalue weighted by Gasteiger charge is -2.13. The summed E-state index contributed by atoms with van der Waals surface area (Å²) in [6.07, 6.45) is 0. The second kappa shape index (κ2) is 6.97. The van der Waals surface area contributed by atoms with Crippen molar-refractivity contribution in [2.24, 2.45) is 0 Å². The van der Waals surface area contributed by atoms with Gasteiger partial charge in [0.15, 0.2) is 0 Å². The Balaban J connectivity index is 2.05. The third-order valence-corrected chi connectivity index (χ3v) is 3.53. The first kappa shape index (κ1) is 15.2. The molecule has 0 saturated carbocycles. The summed E-state index contributed by atoms with van der Waals surface area (Å²) in [5.41, 5.74) is 7.77. The Morgan fingerprint density at radius 1 is 1.00 bits per heavy atom. The van der Waals surface area contributed by atoms with E-state index >= 15 is 0 Å². The van der Waals surface area contributed by atoms with E-state index < -0.39 is 7.12 Å². The van der Waals surface area contributed by atoms with Crippen LogP contribution in [0, 0.1) is 0 Å². The van der Waals surface area contributed by atoms with Crippen LogP contribution >= 0.6 is 23.2 Å². The zero-order valence-corrected chi connectivity index (χ0v) is 12.0. The SMILES string of the molecule is OB(O)c1c(Cl)ccc(CNNc2ccccc2)c1Cl. The van der Waals surface area contributed by atoms with Crippen LogP contribution in [0.25, 0.3) is 0 Å². The molecule has 4 nitrogen and oxygen atoms in total. The molecule has 0 aliphatic carbocycles. The highest BCUT2D eigenvalue weighted by Gasteiger charge is 2.21. The topological polar surface area (TPSA) is 64.5 Å². The molecule has 2 aromatic rings. The Kier molecular flexibility index (Phi) is 5.28. The van der Waals surface area contributed by atoms with Crippen molar-refractivity contribution in [3.05, 3.63) is 58.1 Å². The van der Waals surface area contributed by atoms with E-state index in [0.717, 1.165) is 5.69 Å². The fourth-order valence-electron chi connectivity index (χ4n) is 1.75. The van der Waals surface area contributed by atoms with Gasteiger partial charge in [-0.15, -0.1) is 0 Å². The number of halogens is 2. The zero-order chi connectivity index (χ0) is 14.5. The quantitative estimate of drug-likeness (QED) is 0.502. The number of hydrazine groups is 1. The first-order valence-corrected chi connectivity index (χ1v) is 6.72. The molecular weight excluding hydrogens is 298 g/mol. The van der Waals surface area contributed by atoms with Gasteiger partial charge < -0.3 is 15.5 Å². The van der Waals surface area contributed by atoms with Gasteiger partial charge in [-0.1, -0.05) is 47.5 Å². The lowest BCUT2D eigenvalue weighted by atomic mass is 9.79. The van der Waals surface area contributed by atoms with E-state index in [1.54, 1.807) is 12.1 Å². The van der Waals surface area contributed by atoms with E-state index in [2.05, 4.69) is 10.9 Å². The van der Waals surface area contributed by atoms with Crippen molar-refractivity contribution in [1.82, 2.24) is 5.43 Å². The molecule has 0 bridgehead atoms. The molecule has 0 heterocycles. The van der Waals surface area contributed by atoms with E-state index in [-0.39, 0.29) is 15.5 Å². The summed E-state index contributed by atoms with van der Waals surface area (Å²) < 4.78 is 0. The van der Waals surface area contributed by atoms with E-state index in [9.17, 15) is 10.0 Å². The summed E-state index contributed by atoms with van der Waals surface area (Å²) in [6, 6.07) is 12.9. The van der Waals surface area contributed by atoms with Gasteiger partial charge in [0.2, 0.25) is 0 Å². The van der Waals surface area contributed by atoms with Gasteiger partial charge in [-0.25, -0.2) is 5.43 Å². The average Bonchev–Trinajstić information content (AvgIpc) is 2.42. The molecule has 2 rings (SSSR count). The molecule has 0 unspecified atom stereocenters. The van der Waals surface area contributed by atoms with E-state index in [1.165, 1.54) is 0 Å². The molecule has 0 fully saturated rings. The number of anilines is 1. The van der Waals surface area contributed by atoms with Crippen LogP contribution in [-0.4, -0.2) is 17.2 Å². The highest BCUT2D eigenvalue weighted by molar-refractivity contribution is 6.66. The molecule has 20 heavy (non-hydrogen) atoms. The number of para-hydroxylation sites is 1. The van der Waals surface area contributed by atoms with Crippen LogP contribution in [0.4, 0.5) is 5.69 Å². The number of hydrogen-bond acceptors (Lipinski definition) is 4. The third kappa shape index (κ3) is 3.65. The minimum absolute atomic E-state index is 0.118. The van der Waals surface area contributed by atoms with Crippen molar-refractivity contribution in [2.45, 2.75) is 6.54 Å². The molecule has 104 valence electrons. The number of benzene rings is 2. The lowest BCUT2D eigenvalue weighted by molar-refractivity contribution is 0.426. The van der Waals surface area contributed by atoms with Crippen molar-refractivity contribution in [2.75, 3.05) is 5.43 Å².